The van der Waals surface area contributed by atoms with Gasteiger partial charge < -0.3 is 19.7 Å². The van der Waals surface area contributed by atoms with Crippen LogP contribution in [0.25, 0.3) is 0 Å². The molecule has 0 aromatic heterocycles. The first kappa shape index (κ1) is 17.3. The highest BCUT2D eigenvalue weighted by Crippen LogP contribution is 2.19. The van der Waals surface area contributed by atoms with Gasteiger partial charge in [-0.15, -0.1) is 0 Å². The first-order valence-electron chi connectivity index (χ1n) is 7.29. The molecule has 0 saturated heterocycles. The molecule has 2 rings (SSSR count). The molecule has 0 saturated carbocycles. The van der Waals surface area contributed by atoms with Gasteiger partial charge in [0.05, 0.1) is 0 Å². The predicted octanol–water partition coefficient (Wildman–Crippen LogP) is 2.67. The summed E-state index contributed by atoms with van der Waals surface area (Å²) >= 11 is 0. The van der Waals surface area contributed by atoms with Crippen LogP contribution in [0, 0.1) is 13.8 Å². The number of aryl methyl sites for hydroxylation is 2. The predicted molar refractivity (Wildman–Crippen MR) is 86.5 cm³/mol. The highest BCUT2D eigenvalue weighted by Gasteiger charge is 2.38. The molecule has 0 heterocycles. The first-order chi connectivity index (χ1) is 11.4. The van der Waals surface area contributed by atoms with Gasteiger partial charge in [-0.1, -0.05) is 35.4 Å². The fourth-order valence-corrected chi connectivity index (χ4v) is 2.01. The van der Waals surface area contributed by atoms with Crippen LogP contribution in [0.15, 0.2) is 48.5 Å². The lowest BCUT2D eigenvalue weighted by molar-refractivity contribution is -0.161. The van der Waals surface area contributed by atoms with Gasteiger partial charge in [0.2, 0.25) is 12.2 Å². The quantitative estimate of drug-likeness (QED) is 0.811. The van der Waals surface area contributed by atoms with Crippen molar-refractivity contribution in [1.29, 1.82) is 0 Å². The van der Waals surface area contributed by atoms with Crippen LogP contribution in [0.4, 0.5) is 0 Å². The van der Waals surface area contributed by atoms with Gasteiger partial charge in [0.25, 0.3) is 0 Å². The number of benzene rings is 2. The third kappa shape index (κ3) is 4.49. The maximum atomic E-state index is 11.5. The number of rotatable bonds is 7. The second-order valence-corrected chi connectivity index (χ2v) is 5.38. The average molecular weight is 330 g/mol. The minimum atomic E-state index is -1.69. The van der Waals surface area contributed by atoms with Crippen molar-refractivity contribution in [1.82, 2.24) is 0 Å². The molecule has 6 nitrogen and oxygen atoms in total. The van der Waals surface area contributed by atoms with Crippen molar-refractivity contribution in [3.63, 3.8) is 0 Å². The molecular formula is C18H18O6. The van der Waals surface area contributed by atoms with Crippen molar-refractivity contribution in [2.45, 2.75) is 26.1 Å². The van der Waals surface area contributed by atoms with E-state index in [0.29, 0.717) is 0 Å². The summed E-state index contributed by atoms with van der Waals surface area (Å²) in [6.45, 7) is 3.75. The van der Waals surface area contributed by atoms with E-state index < -0.39 is 24.1 Å². The molecule has 6 heteroatoms. The van der Waals surface area contributed by atoms with Crippen molar-refractivity contribution < 1.29 is 29.3 Å². The largest absolute Gasteiger partial charge is 0.478 e. The molecule has 0 aliphatic heterocycles. The van der Waals surface area contributed by atoms with Crippen LogP contribution in [-0.4, -0.2) is 34.4 Å². The third-order valence-electron chi connectivity index (χ3n) is 3.33. The fourth-order valence-electron chi connectivity index (χ4n) is 2.01. The van der Waals surface area contributed by atoms with Crippen LogP contribution in [-0.2, 0) is 9.59 Å². The third-order valence-corrected chi connectivity index (χ3v) is 3.33. The van der Waals surface area contributed by atoms with Gasteiger partial charge in [-0.2, -0.15) is 0 Å². The lowest BCUT2D eigenvalue weighted by atomic mass is 10.2. The molecule has 2 N–H and O–H groups in total. The SMILES string of the molecule is Cc1ccc(OC(C(=O)O)[C@@H](Oc2ccc(C)cc2)C(=O)O)cc1. The van der Waals surface area contributed by atoms with Gasteiger partial charge in [0, 0.05) is 0 Å². The molecule has 2 aromatic carbocycles. The first-order valence-corrected chi connectivity index (χ1v) is 7.29. The lowest BCUT2D eigenvalue weighted by Crippen LogP contribution is -2.47. The highest BCUT2D eigenvalue weighted by atomic mass is 16.6. The van der Waals surface area contributed by atoms with Crippen LogP contribution in [0.3, 0.4) is 0 Å². The summed E-state index contributed by atoms with van der Waals surface area (Å²) < 4.78 is 10.7. The van der Waals surface area contributed by atoms with Crippen molar-refractivity contribution in [3.05, 3.63) is 59.7 Å². The summed E-state index contributed by atoms with van der Waals surface area (Å²) in [6.07, 6.45) is -3.38. The van der Waals surface area contributed by atoms with E-state index in [4.69, 9.17) is 9.47 Å². The van der Waals surface area contributed by atoms with E-state index in [1.807, 2.05) is 13.8 Å². The normalized spacial score (nSPS) is 12.9. The summed E-state index contributed by atoms with van der Waals surface area (Å²) in [4.78, 5) is 23.0. The van der Waals surface area contributed by atoms with Crippen molar-refractivity contribution in [2.24, 2.45) is 0 Å². The van der Waals surface area contributed by atoms with Crippen LogP contribution in [0.1, 0.15) is 11.1 Å². The second kappa shape index (κ2) is 7.50. The molecule has 0 bridgehead atoms. The molecule has 0 aliphatic rings. The van der Waals surface area contributed by atoms with E-state index in [1.54, 1.807) is 48.5 Å². The van der Waals surface area contributed by atoms with Gasteiger partial charge in [0.15, 0.2) is 0 Å². The molecule has 0 aliphatic carbocycles. The van der Waals surface area contributed by atoms with E-state index in [2.05, 4.69) is 0 Å². The number of ether oxygens (including phenoxy) is 2. The lowest BCUT2D eigenvalue weighted by Gasteiger charge is -2.22. The Morgan fingerprint density at radius 3 is 1.25 bits per heavy atom. The van der Waals surface area contributed by atoms with Crippen molar-refractivity contribution in [2.75, 3.05) is 0 Å². The molecule has 0 fully saturated rings. The van der Waals surface area contributed by atoms with Crippen LogP contribution < -0.4 is 9.47 Å². The maximum absolute atomic E-state index is 11.5. The molecule has 0 amide bonds. The molecule has 0 spiro atoms. The second-order valence-electron chi connectivity index (χ2n) is 5.38. The summed E-state index contributed by atoms with van der Waals surface area (Å²) in [7, 11) is 0. The Labute approximate surface area is 139 Å². The monoisotopic (exact) mass is 330 g/mol. The van der Waals surface area contributed by atoms with Gasteiger partial charge in [-0.3, -0.25) is 0 Å². The molecule has 2 aromatic rings. The molecule has 24 heavy (non-hydrogen) atoms. The van der Waals surface area contributed by atoms with E-state index >= 15 is 0 Å². The van der Waals surface area contributed by atoms with Gasteiger partial charge in [-0.25, -0.2) is 9.59 Å². The van der Waals surface area contributed by atoms with Crippen molar-refractivity contribution in [3.8, 4) is 11.5 Å². The van der Waals surface area contributed by atoms with E-state index in [0.717, 1.165) is 11.1 Å². The standard InChI is InChI=1S/C18H18O6/c1-11-3-7-13(8-4-11)23-15(17(19)20)16(18(21)22)24-14-9-5-12(2)6-10-14/h3-10,15-16H,1-2H3,(H,19,20)(H,21,22)/t15-,16?/m1/s1. The summed E-state index contributed by atoms with van der Waals surface area (Å²) in [5.41, 5.74) is 1.94. The number of hydrogen-bond donors (Lipinski definition) is 2. The Bertz CT molecular complexity index is 642. The number of aliphatic carboxylic acids is 2. The van der Waals surface area contributed by atoms with Crippen LogP contribution >= 0.6 is 0 Å². The Morgan fingerprint density at radius 2 is 1.00 bits per heavy atom. The molecule has 126 valence electrons. The van der Waals surface area contributed by atoms with Gasteiger partial charge in [0.1, 0.15) is 11.5 Å². The Kier molecular flexibility index (Phi) is 5.42. The zero-order valence-electron chi connectivity index (χ0n) is 13.3. The van der Waals surface area contributed by atoms with Crippen LogP contribution in [0.2, 0.25) is 0 Å². The minimum Gasteiger partial charge on any atom is -0.478 e. The van der Waals surface area contributed by atoms with Crippen molar-refractivity contribution >= 4 is 11.9 Å². The fraction of sp³-hybridized carbons (Fsp3) is 0.222. The Hall–Kier alpha value is -3.02. The average Bonchev–Trinajstić information content (AvgIpc) is 2.54. The topological polar surface area (TPSA) is 93.1 Å². The Balaban J connectivity index is 2.23. The maximum Gasteiger partial charge on any atom is 0.349 e. The summed E-state index contributed by atoms with van der Waals surface area (Å²) in [6, 6.07) is 13.3. The number of carbonyl (C=O) groups is 2. The van der Waals surface area contributed by atoms with E-state index in [-0.39, 0.29) is 11.5 Å². The molecule has 1 unspecified atom stereocenters. The van der Waals surface area contributed by atoms with Gasteiger partial charge in [-0.05, 0) is 38.1 Å². The number of carboxylic acid groups (broad SMARTS) is 2. The smallest absolute Gasteiger partial charge is 0.349 e. The zero-order valence-corrected chi connectivity index (χ0v) is 13.3. The Morgan fingerprint density at radius 1 is 0.708 bits per heavy atom. The minimum absolute atomic E-state index is 0.256. The number of carboxylic acids is 2. The highest BCUT2D eigenvalue weighted by molar-refractivity contribution is 5.84. The summed E-state index contributed by atoms with van der Waals surface area (Å²) in [5.74, 6) is -2.33. The number of hydrogen-bond acceptors (Lipinski definition) is 4. The van der Waals surface area contributed by atoms with Gasteiger partial charge >= 0.3 is 11.9 Å². The van der Waals surface area contributed by atoms with E-state index in [1.165, 1.54) is 0 Å². The summed E-state index contributed by atoms with van der Waals surface area (Å²) in [5, 5.41) is 18.7. The zero-order chi connectivity index (χ0) is 17.7. The van der Waals surface area contributed by atoms with E-state index in [9.17, 15) is 19.8 Å². The molecule has 0 radical (unpaired) electrons. The molecule has 2 atom stereocenters. The molecular weight excluding hydrogens is 312 g/mol. The van der Waals surface area contributed by atoms with Crippen LogP contribution in [0.5, 0.6) is 11.5 Å².